The summed E-state index contributed by atoms with van der Waals surface area (Å²) in [5.74, 6) is 0.632. The fraction of sp³-hybridized carbons (Fsp3) is 0.562. The number of ether oxygens (including phenoxy) is 1. The number of hydrogen-bond donors (Lipinski definition) is 2. The van der Waals surface area contributed by atoms with Crippen LogP contribution in [0.15, 0.2) is 22.7 Å². The molecule has 4 nitrogen and oxygen atoms in total. The zero-order chi connectivity index (χ0) is 16.0. The smallest absolute Gasteiger partial charge is 0.260 e. The van der Waals surface area contributed by atoms with Crippen LogP contribution in [0.3, 0.4) is 0 Å². The number of benzene rings is 1. The van der Waals surface area contributed by atoms with E-state index in [9.17, 15) is 4.79 Å². The third-order valence-corrected chi connectivity index (χ3v) is 3.55. The first kappa shape index (κ1) is 18.0. The van der Waals surface area contributed by atoms with E-state index in [-0.39, 0.29) is 18.0 Å². The molecule has 0 heterocycles. The molecule has 0 fully saturated rings. The van der Waals surface area contributed by atoms with E-state index in [4.69, 9.17) is 4.74 Å². The van der Waals surface area contributed by atoms with Gasteiger partial charge in [-0.15, -0.1) is 0 Å². The molecule has 1 aromatic rings. The van der Waals surface area contributed by atoms with E-state index in [1.54, 1.807) is 6.92 Å². The lowest BCUT2D eigenvalue weighted by atomic mass is 10.1. The van der Waals surface area contributed by atoms with E-state index >= 15 is 0 Å². The molecule has 0 aliphatic carbocycles. The van der Waals surface area contributed by atoms with Crippen LogP contribution in [-0.2, 0) is 4.79 Å². The number of rotatable bonds is 7. The first-order chi connectivity index (χ1) is 9.85. The van der Waals surface area contributed by atoms with E-state index in [1.165, 1.54) is 0 Å². The number of carbonyl (C=O) groups is 1. The third kappa shape index (κ3) is 5.67. The van der Waals surface area contributed by atoms with Crippen molar-refractivity contribution < 1.29 is 9.53 Å². The van der Waals surface area contributed by atoms with Gasteiger partial charge in [0.1, 0.15) is 5.75 Å². The Kier molecular flexibility index (Phi) is 7.18. The van der Waals surface area contributed by atoms with Gasteiger partial charge >= 0.3 is 0 Å². The topological polar surface area (TPSA) is 50.4 Å². The molecular weight excluding hydrogens is 332 g/mol. The molecule has 0 aliphatic heterocycles. The van der Waals surface area contributed by atoms with Gasteiger partial charge in [-0.2, -0.15) is 0 Å². The summed E-state index contributed by atoms with van der Waals surface area (Å²) < 4.78 is 6.85. The fourth-order valence-electron chi connectivity index (χ4n) is 2.03. The van der Waals surface area contributed by atoms with E-state index in [2.05, 4.69) is 40.4 Å². The second-order valence-electron chi connectivity index (χ2n) is 5.38. The van der Waals surface area contributed by atoms with Gasteiger partial charge in [-0.25, -0.2) is 0 Å². The quantitative estimate of drug-likeness (QED) is 0.786. The molecule has 0 aromatic heterocycles. The number of amides is 1. The van der Waals surface area contributed by atoms with Crippen LogP contribution >= 0.6 is 15.9 Å². The second-order valence-corrected chi connectivity index (χ2v) is 6.30. The Morgan fingerprint density at radius 3 is 2.52 bits per heavy atom. The number of halogens is 1. The van der Waals surface area contributed by atoms with Gasteiger partial charge in [-0.1, -0.05) is 22.9 Å². The largest absolute Gasteiger partial charge is 0.481 e. The molecule has 21 heavy (non-hydrogen) atoms. The average Bonchev–Trinajstić information content (AvgIpc) is 2.40. The van der Waals surface area contributed by atoms with Crippen molar-refractivity contribution in [3.05, 3.63) is 28.2 Å². The van der Waals surface area contributed by atoms with Crippen molar-refractivity contribution in [1.29, 1.82) is 0 Å². The van der Waals surface area contributed by atoms with Gasteiger partial charge in [0.25, 0.3) is 5.91 Å². The van der Waals surface area contributed by atoms with Crippen LogP contribution in [0.1, 0.15) is 46.2 Å². The van der Waals surface area contributed by atoms with Crippen LogP contribution in [0.2, 0.25) is 0 Å². The van der Waals surface area contributed by atoms with Gasteiger partial charge in [0.05, 0.1) is 0 Å². The molecule has 2 atom stereocenters. The van der Waals surface area contributed by atoms with Gasteiger partial charge in [-0.3, -0.25) is 4.79 Å². The maximum Gasteiger partial charge on any atom is 0.260 e. The number of hydrogen-bond acceptors (Lipinski definition) is 3. The van der Waals surface area contributed by atoms with Crippen LogP contribution in [0.5, 0.6) is 5.75 Å². The molecule has 0 saturated heterocycles. The van der Waals surface area contributed by atoms with E-state index in [0.717, 1.165) is 22.3 Å². The van der Waals surface area contributed by atoms with E-state index in [1.807, 2.05) is 32.0 Å². The summed E-state index contributed by atoms with van der Waals surface area (Å²) in [5.41, 5.74) is 1.04. The lowest BCUT2D eigenvalue weighted by Crippen LogP contribution is -2.40. The lowest BCUT2D eigenvalue weighted by molar-refractivity contribution is -0.127. The Morgan fingerprint density at radius 2 is 1.95 bits per heavy atom. The summed E-state index contributed by atoms with van der Waals surface area (Å²) >= 11 is 3.48. The molecule has 1 amide bonds. The average molecular weight is 357 g/mol. The summed E-state index contributed by atoms with van der Waals surface area (Å²) in [6, 6.07) is 6.10. The highest BCUT2D eigenvalue weighted by Gasteiger charge is 2.19. The third-order valence-electron chi connectivity index (χ3n) is 3.05. The highest BCUT2D eigenvalue weighted by molar-refractivity contribution is 9.10. The molecule has 118 valence electrons. The maximum absolute atomic E-state index is 12.0. The zero-order valence-electron chi connectivity index (χ0n) is 13.4. The SMILES string of the molecule is CCNC(C)c1cc(Br)ccc1OC(C)C(=O)NC(C)C. The Hall–Kier alpha value is -1.07. The van der Waals surface area contributed by atoms with Crippen LogP contribution < -0.4 is 15.4 Å². The predicted octanol–water partition coefficient (Wildman–Crippen LogP) is 3.41. The van der Waals surface area contributed by atoms with Gasteiger partial charge in [-0.05, 0) is 52.4 Å². The van der Waals surface area contributed by atoms with Gasteiger partial charge in [0, 0.05) is 22.1 Å². The molecule has 2 N–H and O–H groups in total. The summed E-state index contributed by atoms with van der Waals surface area (Å²) in [6.45, 7) is 10.6. The molecule has 0 bridgehead atoms. The molecule has 0 saturated carbocycles. The Labute approximate surface area is 135 Å². The van der Waals surface area contributed by atoms with Crippen molar-refractivity contribution >= 4 is 21.8 Å². The minimum Gasteiger partial charge on any atom is -0.481 e. The number of carbonyl (C=O) groups excluding carboxylic acids is 1. The van der Waals surface area contributed by atoms with Crippen molar-refractivity contribution in [2.75, 3.05) is 6.54 Å². The first-order valence-electron chi connectivity index (χ1n) is 7.35. The molecule has 2 unspecified atom stereocenters. The molecule has 0 spiro atoms. The van der Waals surface area contributed by atoms with Crippen LogP contribution in [0, 0.1) is 0 Å². The van der Waals surface area contributed by atoms with Gasteiger partial charge < -0.3 is 15.4 Å². The predicted molar refractivity (Wildman–Crippen MR) is 89.6 cm³/mol. The summed E-state index contributed by atoms with van der Waals surface area (Å²) in [6.07, 6.45) is -0.527. The summed E-state index contributed by atoms with van der Waals surface area (Å²) in [4.78, 5) is 12.0. The van der Waals surface area contributed by atoms with Crippen molar-refractivity contribution in [2.45, 2.75) is 52.8 Å². The van der Waals surface area contributed by atoms with Gasteiger partial charge in [0.15, 0.2) is 6.10 Å². The van der Waals surface area contributed by atoms with Crippen molar-refractivity contribution in [1.82, 2.24) is 10.6 Å². The summed E-state index contributed by atoms with van der Waals surface area (Å²) in [7, 11) is 0. The number of nitrogens with one attached hydrogen (secondary N) is 2. The highest BCUT2D eigenvalue weighted by atomic mass is 79.9. The Balaban J connectivity index is 2.89. The molecular formula is C16H25BrN2O2. The molecule has 1 aromatic carbocycles. The first-order valence-corrected chi connectivity index (χ1v) is 8.14. The van der Waals surface area contributed by atoms with E-state index in [0.29, 0.717) is 0 Å². The normalized spacial score (nSPS) is 13.9. The minimum atomic E-state index is -0.527. The minimum absolute atomic E-state index is 0.102. The molecule has 0 aliphatic rings. The van der Waals surface area contributed by atoms with Gasteiger partial charge in [0.2, 0.25) is 0 Å². The van der Waals surface area contributed by atoms with E-state index < -0.39 is 6.10 Å². The van der Waals surface area contributed by atoms with Crippen LogP contribution in [0.25, 0.3) is 0 Å². The van der Waals surface area contributed by atoms with Crippen LogP contribution in [-0.4, -0.2) is 24.6 Å². The Morgan fingerprint density at radius 1 is 1.29 bits per heavy atom. The summed E-state index contributed by atoms with van der Waals surface area (Å²) in [5, 5.41) is 6.22. The van der Waals surface area contributed by atoms with Crippen molar-refractivity contribution in [3.8, 4) is 5.75 Å². The standard InChI is InChI=1S/C16H25BrN2O2/c1-6-18-11(4)14-9-13(17)7-8-15(14)21-12(5)16(20)19-10(2)3/h7-12,18H,6H2,1-5H3,(H,19,20). The molecule has 5 heteroatoms. The fourth-order valence-corrected chi connectivity index (χ4v) is 2.41. The lowest BCUT2D eigenvalue weighted by Gasteiger charge is -2.21. The highest BCUT2D eigenvalue weighted by Crippen LogP contribution is 2.29. The zero-order valence-corrected chi connectivity index (χ0v) is 15.0. The molecule has 0 radical (unpaired) electrons. The monoisotopic (exact) mass is 356 g/mol. The molecule has 1 rings (SSSR count). The van der Waals surface area contributed by atoms with Crippen molar-refractivity contribution in [2.24, 2.45) is 0 Å². The van der Waals surface area contributed by atoms with Crippen molar-refractivity contribution in [3.63, 3.8) is 0 Å². The van der Waals surface area contributed by atoms with Crippen LogP contribution in [0.4, 0.5) is 0 Å². The maximum atomic E-state index is 12.0. The second kappa shape index (κ2) is 8.39. The Bertz CT molecular complexity index is 477.